The SMILES string of the molecule is CN1CCCCC1CCSc1nnc(-c2ccc(C(C)(C)C)cc2)n1-c1ccc(Br)cc1. The normalized spacial score (nSPS) is 17.6. The molecule has 1 aromatic heterocycles. The van der Waals surface area contributed by atoms with Gasteiger partial charge in [-0.05, 0) is 68.1 Å². The topological polar surface area (TPSA) is 34.0 Å². The number of likely N-dealkylation sites (tertiary alicyclic amines) is 1. The van der Waals surface area contributed by atoms with Gasteiger partial charge in [-0.1, -0.05) is 79.1 Å². The summed E-state index contributed by atoms with van der Waals surface area (Å²) in [6, 6.07) is 17.9. The Kier molecular flexibility index (Phi) is 7.43. The van der Waals surface area contributed by atoms with E-state index in [0.717, 1.165) is 32.5 Å². The van der Waals surface area contributed by atoms with Crippen molar-refractivity contribution in [1.29, 1.82) is 0 Å². The van der Waals surface area contributed by atoms with Gasteiger partial charge in [0.05, 0.1) is 0 Å². The number of halogens is 1. The standard InChI is InChI=1S/C26H33BrN4S/c1-26(2,3)20-10-8-19(9-11-20)24-28-29-25(31(24)23-14-12-21(27)13-15-23)32-18-16-22-7-5-6-17-30(22)4/h8-15,22H,5-7,16-18H2,1-4H3. The quantitative estimate of drug-likeness (QED) is 0.334. The molecule has 0 saturated carbocycles. The molecule has 0 N–H and O–H groups in total. The molecule has 1 aliphatic rings. The first-order chi connectivity index (χ1) is 15.3. The van der Waals surface area contributed by atoms with Gasteiger partial charge < -0.3 is 4.90 Å². The zero-order chi connectivity index (χ0) is 22.7. The number of hydrogen-bond donors (Lipinski definition) is 0. The lowest BCUT2D eigenvalue weighted by molar-refractivity contribution is 0.182. The molecule has 1 aliphatic heterocycles. The molecule has 32 heavy (non-hydrogen) atoms. The summed E-state index contributed by atoms with van der Waals surface area (Å²) in [6.45, 7) is 7.94. The molecule has 4 rings (SSSR count). The van der Waals surface area contributed by atoms with Crippen LogP contribution in [0.2, 0.25) is 0 Å². The number of aromatic nitrogens is 3. The van der Waals surface area contributed by atoms with Crippen LogP contribution < -0.4 is 0 Å². The van der Waals surface area contributed by atoms with Crippen molar-refractivity contribution < 1.29 is 0 Å². The number of thioether (sulfide) groups is 1. The second-order valence-electron chi connectivity index (χ2n) is 9.71. The van der Waals surface area contributed by atoms with E-state index in [-0.39, 0.29) is 5.41 Å². The van der Waals surface area contributed by atoms with Crippen molar-refractivity contribution in [2.45, 2.75) is 63.1 Å². The van der Waals surface area contributed by atoms with Gasteiger partial charge >= 0.3 is 0 Å². The van der Waals surface area contributed by atoms with Gasteiger partial charge in [0.25, 0.3) is 0 Å². The molecule has 0 radical (unpaired) electrons. The van der Waals surface area contributed by atoms with Crippen molar-refractivity contribution in [2.75, 3.05) is 19.3 Å². The van der Waals surface area contributed by atoms with Crippen LogP contribution in [0.25, 0.3) is 17.1 Å². The van der Waals surface area contributed by atoms with Crippen LogP contribution in [0.5, 0.6) is 0 Å². The van der Waals surface area contributed by atoms with Crippen LogP contribution in [0.1, 0.15) is 52.0 Å². The second kappa shape index (κ2) is 10.1. The second-order valence-corrected chi connectivity index (χ2v) is 11.7. The summed E-state index contributed by atoms with van der Waals surface area (Å²) in [5, 5.41) is 10.2. The van der Waals surface area contributed by atoms with Crippen molar-refractivity contribution in [2.24, 2.45) is 0 Å². The van der Waals surface area contributed by atoms with Crippen LogP contribution in [0, 0.1) is 0 Å². The molecule has 2 aromatic carbocycles. The fourth-order valence-corrected chi connectivity index (χ4v) is 5.54. The van der Waals surface area contributed by atoms with E-state index in [4.69, 9.17) is 0 Å². The Morgan fingerprint density at radius 3 is 2.38 bits per heavy atom. The molecule has 0 aliphatic carbocycles. The monoisotopic (exact) mass is 512 g/mol. The zero-order valence-corrected chi connectivity index (χ0v) is 21.9. The van der Waals surface area contributed by atoms with Crippen LogP contribution in [-0.2, 0) is 5.41 Å². The Bertz CT molecular complexity index is 1020. The average molecular weight is 514 g/mol. The van der Waals surface area contributed by atoms with E-state index in [2.05, 4.69) is 112 Å². The third-order valence-electron chi connectivity index (χ3n) is 6.33. The lowest BCUT2D eigenvalue weighted by Crippen LogP contribution is -2.36. The van der Waals surface area contributed by atoms with Crippen LogP contribution in [-0.4, -0.2) is 45.1 Å². The number of nitrogens with zero attached hydrogens (tertiary/aromatic N) is 4. The minimum atomic E-state index is 0.130. The maximum absolute atomic E-state index is 4.63. The minimum Gasteiger partial charge on any atom is -0.303 e. The molecule has 2 heterocycles. The van der Waals surface area contributed by atoms with E-state index < -0.39 is 0 Å². The Morgan fingerprint density at radius 1 is 1.00 bits per heavy atom. The Labute approximate surface area is 204 Å². The molecule has 1 unspecified atom stereocenters. The first-order valence-corrected chi connectivity index (χ1v) is 13.3. The first-order valence-electron chi connectivity index (χ1n) is 11.5. The highest BCUT2D eigenvalue weighted by molar-refractivity contribution is 9.10. The smallest absolute Gasteiger partial charge is 0.196 e. The molecule has 0 amide bonds. The van der Waals surface area contributed by atoms with Gasteiger partial charge in [-0.2, -0.15) is 0 Å². The summed E-state index contributed by atoms with van der Waals surface area (Å²) in [5.74, 6) is 1.94. The molecule has 4 nitrogen and oxygen atoms in total. The van der Waals surface area contributed by atoms with Crippen LogP contribution in [0.4, 0.5) is 0 Å². The Morgan fingerprint density at radius 2 is 1.72 bits per heavy atom. The summed E-state index contributed by atoms with van der Waals surface area (Å²) in [4.78, 5) is 2.52. The van der Waals surface area contributed by atoms with Crippen molar-refractivity contribution in [1.82, 2.24) is 19.7 Å². The molecule has 6 heteroatoms. The fraction of sp³-hybridized carbons (Fsp3) is 0.462. The van der Waals surface area contributed by atoms with E-state index in [0.29, 0.717) is 6.04 Å². The number of piperidine rings is 1. The highest BCUT2D eigenvalue weighted by Gasteiger charge is 2.21. The van der Waals surface area contributed by atoms with E-state index in [1.165, 1.54) is 37.8 Å². The minimum absolute atomic E-state index is 0.130. The Balaban J connectivity index is 1.61. The lowest BCUT2D eigenvalue weighted by Gasteiger charge is -2.32. The maximum atomic E-state index is 4.63. The molecule has 1 fully saturated rings. The molecule has 3 aromatic rings. The first kappa shape index (κ1) is 23.5. The highest BCUT2D eigenvalue weighted by atomic mass is 79.9. The van der Waals surface area contributed by atoms with Gasteiger partial charge in [-0.15, -0.1) is 10.2 Å². The van der Waals surface area contributed by atoms with Crippen molar-refractivity contribution >= 4 is 27.7 Å². The van der Waals surface area contributed by atoms with Gasteiger partial charge in [0.1, 0.15) is 0 Å². The maximum Gasteiger partial charge on any atom is 0.196 e. The molecular formula is C26H33BrN4S. The third-order valence-corrected chi connectivity index (χ3v) is 7.82. The van der Waals surface area contributed by atoms with Crippen molar-refractivity contribution in [3.05, 3.63) is 58.6 Å². The number of benzene rings is 2. The average Bonchev–Trinajstić information content (AvgIpc) is 3.19. The third kappa shape index (κ3) is 5.46. The largest absolute Gasteiger partial charge is 0.303 e. The van der Waals surface area contributed by atoms with Crippen molar-refractivity contribution in [3.63, 3.8) is 0 Å². The van der Waals surface area contributed by atoms with E-state index in [1.54, 1.807) is 0 Å². The van der Waals surface area contributed by atoms with E-state index in [9.17, 15) is 0 Å². The number of rotatable bonds is 6. The fourth-order valence-electron chi connectivity index (χ4n) is 4.29. The predicted octanol–water partition coefficient (Wildman–Crippen LogP) is 6.96. The van der Waals surface area contributed by atoms with Gasteiger partial charge in [0.15, 0.2) is 11.0 Å². The van der Waals surface area contributed by atoms with Crippen molar-refractivity contribution in [3.8, 4) is 17.1 Å². The molecular weight excluding hydrogens is 480 g/mol. The summed E-state index contributed by atoms with van der Waals surface area (Å²) in [7, 11) is 2.26. The zero-order valence-electron chi connectivity index (χ0n) is 19.5. The van der Waals surface area contributed by atoms with Gasteiger partial charge in [-0.25, -0.2) is 0 Å². The summed E-state index contributed by atoms with van der Waals surface area (Å²) in [5.41, 5.74) is 3.63. The molecule has 170 valence electrons. The van der Waals surface area contributed by atoms with Gasteiger partial charge in [0.2, 0.25) is 0 Å². The summed E-state index contributed by atoms with van der Waals surface area (Å²) >= 11 is 5.37. The predicted molar refractivity (Wildman–Crippen MR) is 139 cm³/mol. The molecule has 0 bridgehead atoms. The molecule has 1 atom stereocenters. The van der Waals surface area contributed by atoms with E-state index in [1.807, 2.05) is 11.8 Å². The van der Waals surface area contributed by atoms with Gasteiger partial charge in [0, 0.05) is 27.5 Å². The summed E-state index contributed by atoms with van der Waals surface area (Å²) < 4.78 is 3.27. The Hall–Kier alpha value is -1.63. The lowest BCUT2D eigenvalue weighted by atomic mass is 9.87. The van der Waals surface area contributed by atoms with Gasteiger partial charge in [-0.3, -0.25) is 4.57 Å². The van der Waals surface area contributed by atoms with E-state index >= 15 is 0 Å². The van der Waals surface area contributed by atoms with Crippen LogP contribution >= 0.6 is 27.7 Å². The van der Waals surface area contributed by atoms with Crippen LogP contribution in [0.3, 0.4) is 0 Å². The molecule has 0 spiro atoms. The summed E-state index contributed by atoms with van der Waals surface area (Å²) in [6.07, 6.45) is 5.17. The van der Waals surface area contributed by atoms with Crippen LogP contribution in [0.15, 0.2) is 58.2 Å². The highest BCUT2D eigenvalue weighted by Crippen LogP contribution is 2.31. The molecule has 1 saturated heterocycles. The number of hydrogen-bond acceptors (Lipinski definition) is 4.